The number of aromatic amines is 1. The molecule has 6 atom stereocenters. The van der Waals surface area contributed by atoms with Crippen molar-refractivity contribution in [2.45, 2.75) is 70.7 Å². The van der Waals surface area contributed by atoms with E-state index >= 15 is 0 Å². The molecule has 1 fully saturated rings. The predicted molar refractivity (Wildman–Crippen MR) is 130 cm³/mol. The summed E-state index contributed by atoms with van der Waals surface area (Å²) >= 11 is 3.06. The molecule has 1 aliphatic heterocycles. The first-order valence-electron chi connectivity index (χ1n) is 11.0. The summed E-state index contributed by atoms with van der Waals surface area (Å²) in [6.07, 6.45) is -0.309. The van der Waals surface area contributed by atoms with Crippen LogP contribution in [0.3, 0.4) is 0 Å². The van der Waals surface area contributed by atoms with Crippen molar-refractivity contribution in [3.05, 3.63) is 54.6 Å². The largest absolute Gasteiger partial charge is 0.454 e. The van der Waals surface area contributed by atoms with Gasteiger partial charge in [0.15, 0.2) is 0 Å². The first-order chi connectivity index (χ1) is 16.4. The van der Waals surface area contributed by atoms with Gasteiger partial charge in [0.1, 0.15) is 24.5 Å². The third-order valence-electron chi connectivity index (χ3n) is 5.62. The van der Waals surface area contributed by atoms with Gasteiger partial charge in [-0.05, 0) is 39.4 Å². The lowest BCUT2D eigenvalue weighted by Crippen LogP contribution is -2.53. The SMILES string of the molecule is C=CC(OC(=O)[C@@H](NC(=O)[C@@H](N)C(C)C)C(C)C)[C@H]1O[C@@H](n2cc(Br)c(=O)[nH]c2=O)C[C@@H]1N=[N+]=[N-]. The normalized spacial score (nSPS) is 22.2. The van der Waals surface area contributed by atoms with Crippen LogP contribution in [0.5, 0.6) is 0 Å². The van der Waals surface area contributed by atoms with E-state index in [2.05, 4.69) is 42.8 Å². The Labute approximate surface area is 209 Å². The standard InChI is InChI=1S/C21H30BrN7O6/c1-6-13(34-20(32)16(10(4)5)25-19(31)15(23)9(2)3)17-12(27-28-24)7-14(35-17)29-8-11(22)18(30)26-21(29)33/h6,8-10,12-17H,1,7,23H2,2-5H3,(H,25,31)(H,26,30,33)/t12-,13?,14+,15-,16-,17-/m0/s1. The van der Waals surface area contributed by atoms with E-state index in [1.165, 1.54) is 12.3 Å². The lowest BCUT2D eigenvalue weighted by atomic mass is 10.0. The molecule has 0 aromatic carbocycles. The third-order valence-corrected chi connectivity index (χ3v) is 6.18. The van der Waals surface area contributed by atoms with Crippen molar-refractivity contribution in [2.24, 2.45) is 22.7 Å². The molecule has 1 amide bonds. The molecule has 1 aliphatic rings. The fraction of sp³-hybridized carbons (Fsp3) is 0.619. The molecule has 192 valence electrons. The van der Waals surface area contributed by atoms with Crippen LogP contribution in [0.2, 0.25) is 0 Å². The second kappa shape index (κ2) is 12.2. The van der Waals surface area contributed by atoms with E-state index in [1.54, 1.807) is 27.7 Å². The molecule has 4 N–H and O–H groups in total. The molecule has 1 saturated heterocycles. The lowest BCUT2D eigenvalue weighted by Gasteiger charge is -2.28. The molecule has 2 heterocycles. The molecule has 2 rings (SSSR count). The molecule has 35 heavy (non-hydrogen) atoms. The Balaban J connectivity index is 2.26. The second-order valence-corrected chi connectivity index (χ2v) is 9.70. The number of esters is 1. The molecular formula is C21H30BrN7O6. The van der Waals surface area contributed by atoms with Crippen LogP contribution in [-0.2, 0) is 19.1 Å². The number of H-pyrrole nitrogens is 1. The number of nitrogens with one attached hydrogen (secondary N) is 2. The molecular weight excluding hydrogens is 526 g/mol. The number of carbonyl (C=O) groups is 2. The average molecular weight is 556 g/mol. The summed E-state index contributed by atoms with van der Waals surface area (Å²) in [6, 6.07) is -2.62. The summed E-state index contributed by atoms with van der Waals surface area (Å²) in [7, 11) is 0. The predicted octanol–water partition coefficient (Wildman–Crippen LogP) is 1.49. The Kier molecular flexibility index (Phi) is 9.83. The number of halogens is 1. The minimum absolute atomic E-state index is 0.0720. The Bertz CT molecular complexity index is 1110. The van der Waals surface area contributed by atoms with Crippen LogP contribution in [0.4, 0.5) is 0 Å². The molecule has 1 aromatic heterocycles. The topological polar surface area (TPSA) is 194 Å². The fourth-order valence-electron chi connectivity index (χ4n) is 3.50. The minimum Gasteiger partial charge on any atom is -0.454 e. The van der Waals surface area contributed by atoms with Crippen LogP contribution in [0.1, 0.15) is 40.3 Å². The van der Waals surface area contributed by atoms with Gasteiger partial charge in [0.2, 0.25) is 5.91 Å². The molecule has 14 heteroatoms. The Morgan fingerprint density at radius 2 is 2.06 bits per heavy atom. The molecule has 1 unspecified atom stereocenters. The van der Waals surface area contributed by atoms with Gasteiger partial charge < -0.3 is 20.5 Å². The number of rotatable bonds is 10. The van der Waals surface area contributed by atoms with E-state index in [9.17, 15) is 19.2 Å². The van der Waals surface area contributed by atoms with Crippen molar-refractivity contribution in [2.75, 3.05) is 0 Å². The fourth-order valence-corrected chi connectivity index (χ4v) is 3.82. The van der Waals surface area contributed by atoms with Gasteiger partial charge in [-0.1, -0.05) is 39.4 Å². The number of carbonyl (C=O) groups excluding carboxylic acids is 2. The van der Waals surface area contributed by atoms with E-state index in [-0.39, 0.29) is 22.7 Å². The van der Waals surface area contributed by atoms with Crippen molar-refractivity contribution < 1.29 is 19.1 Å². The molecule has 1 aromatic rings. The van der Waals surface area contributed by atoms with Crippen molar-refractivity contribution >= 4 is 27.8 Å². The van der Waals surface area contributed by atoms with Gasteiger partial charge in [0, 0.05) is 17.5 Å². The van der Waals surface area contributed by atoms with Crippen molar-refractivity contribution in [3.63, 3.8) is 0 Å². The number of ether oxygens (including phenoxy) is 2. The number of hydrogen-bond acceptors (Lipinski definition) is 8. The Hall–Kier alpha value is -2.93. The van der Waals surface area contributed by atoms with Gasteiger partial charge in [-0.3, -0.25) is 19.1 Å². The highest BCUT2D eigenvalue weighted by Crippen LogP contribution is 2.33. The van der Waals surface area contributed by atoms with Crippen LogP contribution in [0.15, 0.2) is 38.0 Å². The van der Waals surface area contributed by atoms with E-state index < -0.39 is 59.7 Å². The highest BCUT2D eigenvalue weighted by molar-refractivity contribution is 9.10. The number of azide groups is 1. The van der Waals surface area contributed by atoms with Crippen molar-refractivity contribution in [3.8, 4) is 0 Å². The number of nitrogens with zero attached hydrogens (tertiary/aromatic N) is 4. The Morgan fingerprint density at radius 1 is 1.40 bits per heavy atom. The summed E-state index contributed by atoms with van der Waals surface area (Å²) in [6.45, 7) is 10.7. The molecule has 0 spiro atoms. The van der Waals surface area contributed by atoms with Gasteiger partial charge >= 0.3 is 11.7 Å². The highest BCUT2D eigenvalue weighted by Gasteiger charge is 2.42. The maximum Gasteiger partial charge on any atom is 0.330 e. The van der Waals surface area contributed by atoms with E-state index in [1.807, 2.05) is 0 Å². The quantitative estimate of drug-likeness (QED) is 0.128. The van der Waals surface area contributed by atoms with Crippen LogP contribution < -0.4 is 22.3 Å². The van der Waals surface area contributed by atoms with Gasteiger partial charge in [-0.15, -0.1) is 0 Å². The highest BCUT2D eigenvalue weighted by atomic mass is 79.9. The van der Waals surface area contributed by atoms with E-state index in [0.29, 0.717) is 0 Å². The number of nitrogens with two attached hydrogens (primary N) is 1. The first kappa shape index (κ1) is 28.3. The second-order valence-electron chi connectivity index (χ2n) is 8.84. The maximum atomic E-state index is 13.0. The van der Waals surface area contributed by atoms with Gasteiger partial charge in [-0.2, -0.15) is 0 Å². The summed E-state index contributed by atoms with van der Waals surface area (Å²) in [4.78, 5) is 54.4. The molecule has 0 bridgehead atoms. The minimum atomic E-state index is -1.07. The van der Waals surface area contributed by atoms with Crippen LogP contribution in [-0.4, -0.2) is 51.8 Å². The van der Waals surface area contributed by atoms with Crippen LogP contribution >= 0.6 is 15.9 Å². The molecule has 0 radical (unpaired) electrons. The zero-order chi connectivity index (χ0) is 26.4. The van der Waals surface area contributed by atoms with E-state index in [4.69, 9.17) is 20.7 Å². The van der Waals surface area contributed by atoms with Gasteiger partial charge in [0.25, 0.3) is 5.56 Å². The van der Waals surface area contributed by atoms with E-state index in [0.717, 1.165) is 4.57 Å². The Morgan fingerprint density at radius 3 is 2.60 bits per heavy atom. The molecule has 0 saturated carbocycles. The number of hydrogen-bond donors (Lipinski definition) is 3. The monoisotopic (exact) mass is 555 g/mol. The third kappa shape index (κ3) is 6.82. The molecule has 0 aliphatic carbocycles. The number of amides is 1. The summed E-state index contributed by atoms with van der Waals surface area (Å²) in [5.41, 5.74) is 13.6. The van der Waals surface area contributed by atoms with Gasteiger partial charge in [-0.25, -0.2) is 9.59 Å². The van der Waals surface area contributed by atoms with Crippen molar-refractivity contribution in [1.29, 1.82) is 0 Å². The average Bonchev–Trinajstić information content (AvgIpc) is 3.20. The molecule has 13 nitrogen and oxygen atoms in total. The van der Waals surface area contributed by atoms with Gasteiger partial charge in [0.05, 0.1) is 16.6 Å². The first-order valence-corrected chi connectivity index (χ1v) is 11.8. The smallest absolute Gasteiger partial charge is 0.330 e. The summed E-state index contributed by atoms with van der Waals surface area (Å²) in [5.74, 6) is -1.69. The van der Waals surface area contributed by atoms with Crippen molar-refractivity contribution in [1.82, 2.24) is 14.9 Å². The van der Waals surface area contributed by atoms with Crippen LogP contribution in [0.25, 0.3) is 10.4 Å². The summed E-state index contributed by atoms with van der Waals surface area (Å²) in [5, 5.41) is 6.36. The summed E-state index contributed by atoms with van der Waals surface area (Å²) < 4.78 is 12.8. The maximum absolute atomic E-state index is 13.0. The van der Waals surface area contributed by atoms with Crippen LogP contribution in [0, 0.1) is 11.8 Å². The number of aromatic nitrogens is 2. The zero-order valence-corrected chi connectivity index (χ0v) is 21.5. The zero-order valence-electron chi connectivity index (χ0n) is 19.9. The lowest BCUT2D eigenvalue weighted by molar-refractivity contribution is -0.159.